The van der Waals surface area contributed by atoms with Crippen molar-refractivity contribution in [1.29, 1.82) is 0 Å². The molecule has 0 aliphatic carbocycles. The topological polar surface area (TPSA) is 72.3 Å². The lowest BCUT2D eigenvalue weighted by Crippen LogP contribution is -2.20. The van der Waals surface area contributed by atoms with Crippen molar-refractivity contribution in [2.24, 2.45) is 11.5 Å². The van der Waals surface area contributed by atoms with Gasteiger partial charge in [0.25, 0.3) is 0 Å². The van der Waals surface area contributed by atoms with Crippen LogP contribution in [0.1, 0.15) is 11.6 Å². The maximum absolute atomic E-state index is 9.18. The van der Waals surface area contributed by atoms with E-state index in [9.17, 15) is 5.11 Å². The zero-order valence-electron chi connectivity index (χ0n) is 6.50. The molecule has 1 aromatic carbocycles. The maximum atomic E-state index is 9.18. The van der Waals surface area contributed by atoms with Gasteiger partial charge in [0.15, 0.2) is 0 Å². The second-order valence-electron chi connectivity index (χ2n) is 2.55. The summed E-state index contributed by atoms with van der Waals surface area (Å²) >= 11 is 3.20. The van der Waals surface area contributed by atoms with Crippen molar-refractivity contribution in [3.63, 3.8) is 0 Å². The van der Waals surface area contributed by atoms with Gasteiger partial charge < -0.3 is 16.6 Å². The lowest BCUT2D eigenvalue weighted by molar-refractivity contribution is 0.471. The third kappa shape index (κ3) is 1.97. The molecule has 0 saturated heterocycles. The standard InChI is InChI=1S/C8H11BrN2O/c9-6-3-5(7(11)4-10)1-2-8(6)12/h1-3,7,12H,4,10-11H2/t7-/m0/s1. The first kappa shape index (κ1) is 9.51. The molecule has 0 fully saturated rings. The van der Waals surface area contributed by atoms with Crippen molar-refractivity contribution >= 4 is 15.9 Å². The Kier molecular flexibility index (Phi) is 3.08. The number of hydrogen-bond donors (Lipinski definition) is 3. The van der Waals surface area contributed by atoms with Gasteiger partial charge in [0, 0.05) is 12.6 Å². The molecule has 1 rings (SSSR count). The summed E-state index contributed by atoms with van der Waals surface area (Å²) in [5.41, 5.74) is 12.0. The van der Waals surface area contributed by atoms with Crippen LogP contribution in [0.5, 0.6) is 5.75 Å². The van der Waals surface area contributed by atoms with E-state index >= 15 is 0 Å². The van der Waals surface area contributed by atoms with Crippen LogP contribution in [0.3, 0.4) is 0 Å². The minimum absolute atomic E-state index is 0.165. The van der Waals surface area contributed by atoms with Crippen LogP contribution >= 0.6 is 15.9 Å². The highest BCUT2D eigenvalue weighted by Gasteiger charge is 2.05. The van der Waals surface area contributed by atoms with E-state index in [4.69, 9.17) is 11.5 Å². The molecule has 4 heteroatoms. The average Bonchev–Trinajstić information content (AvgIpc) is 2.08. The fourth-order valence-electron chi connectivity index (χ4n) is 0.890. The highest BCUT2D eigenvalue weighted by atomic mass is 79.9. The number of halogens is 1. The van der Waals surface area contributed by atoms with Gasteiger partial charge in [-0.25, -0.2) is 0 Å². The molecular formula is C8H11BrN2O. The largest absolute Gasteiger partial charge is 0.507 e. The molecular weight excluding hydrogens is 220 g/mol. The Bertz CT molecular complexity index is 278. The first-order valence-corrected chi connectivity index (χ1v) is 4.38. The van der Waals surface area contributed by atoms with Crippen molar-refractivity contribution in [3.05, 3.63) is 28.2 Å². The van der Waals surface area contributed by atoms with E-state index in [0.29, 0.717) is 11.0 Å². The normalized spacial score (nSPS) is 12.9. The van der Waals surface area contributed by atoms with Gasteiger partial charge in [-0.1, -0.05) is 6.07 Å². The van der Waals surface area contributed by atoms with Crippen molar-refractivity contribution in [1.82, 2.24) is 0 Å². The predicted octanol–water partition coefficient (Wildman–Crippen LogP) is 1.11. The van der Waals surface area contributed by atoms with E-state index in [0.717, 1.165) is 5.56 Å². The summed E-state index contributed by atoms with van der Waals surface area (Å²) in [7, 11) is 0. The zero-order valence-corrected chi connectivity index (χ0v) is 8.08. The van der Waals surface area contributed by atoms with Gasteiger partial charge in [-0.15, -0.1) is 0 Å². The van der Waals surface area contributed by atoms with Gasteiger partial charge in [0.2, 0.25) is 0 Å². The molecule has 0 saturated carbocycles. The van der Waals surface area contributed by atoms with E-state index < -0.39 is 0 Å². The summed E-state index contributed by atoms with van der Waals surface area (Å²) in [6, 6.07) is 4.96. The van der Waals surface area contributed by atoms with Crippen LogP contribution in [-0.2, 0) is 0 Å². The summed E-state index contributed by atoms with van der Waals surface area (Å²) in [6.07, 6.45) is 0. The smallest absolute Gasteiger partial charge is 0.129 e. The lowest BCUT2D eigenvalue weighted by Gasteiger charge is -2.09. The second-order valence-corrected chi connectivity index (χ2v) is 3.41. The molecule has 1 aromatic rings. The van der Waals surface area contributed by atoms with E-state index in [1.165, 1.54) is 0 Å². The summed E-state index contributed by atoms with van der Waals surface area (Å²) in [4.78, 5) is 0. The lowest BCUT2D eigenvalue weighted by atomic mass is 10.1. The second kappa shape index (κ2) is 3.89. The van der Waals surface area contributed by atoms with E-state index in [1.807, 2.05) is 0 Å². The van der Waals surface area contributed by atoms with Crippen LogP contribution < -0.4 is 11.5 Å². The predicted molar refractivity (Wildman–Crippen MR) is 51.8 cm³/mol. The number of rotatable bonds is 2. The molecule has 66 valence electrons. The molecule has 0 aliphatic heterocycles. The Balaban J connectivity index is 2.96. The Morgan fingerprint density at radius 3 is 2.67 bits per heavy atom. The van der Waals surface area contributed by atoms with Crippen LogP contribution in [0.4, 0.5) is 0 Å². The number of phenols is 1. The highest BCUT2D eigenvalue weighted by Crippen LogP contribution is 2.25. The molecule has 0 bridgehead atoms. The van der Waals surface area contributed by atoms with Crippen molar-refractivity contribution in [2.45, 2.75) is 6.04 Å². The van der Waals surface area contributed by atoms with Gasteiger partial charge in [-0.2, -0.15) is 0 Å². The van der Waals surface area contributed by atoms with Crippen LogP contribution in [0.15, 0.2) is 22.7 Å². The van der Waals surface area contributed by atoms with Crippen LogP contribution in [0, 0.1) is 0 Å². The van der Waals surface area contributed by atoms with E-state index in [1.54, 1.807) is 18.2 Å². The molecule has 0 radical (unpaired) electrons. The molecule has 1 atom stereocenters. The van der Waals surface area contributed by atoms with Gasteiger partial charge in [-0.05, 0) is 33.6 Å². The molecule has 0 spiro atoms. The Morgan fingerprint density at radius 2 is 2.17 bits per heavy atom. The fraction of sp³-hybridized carbons (Fsp3) is 0.250. The minimum Gasteiger partial charge on any atom is -0.507 e. The molecule has 12 heavy (non-hydrogen) atoms. The number of nitrogens with two attached hydrogens (primary N) is 2. The number of benzene rings is 1. The Morgan fingerprint density at radius 1 is 1.50 bits per heavy atom. The SMILES string of the molecule is NC[C@H](N)c1ccc(O)c(Br)c1. The summed E-state index contributed by atoms with van der Waals surface area (Å²) in [5, 5.41) is 9.18. The maximum Gasteiger partial charge on any atom is 0.129 e. The minimum atomic E-state index is -0.165. The van der Waals surface area contributed by atoms with Gasteiger partial charge in [0.05, 0.1) is 4.47 Å². The molecule has 0 aliphatic rings. The monoisotopic (exact) mass is 230 g/mol. The number of phenolic OH excluding ortho intramolecular Hbond substituents is 1. The Hall–Kier alpha value is -0.580. The third-order valence-corrected chi connectivity index (χ3v) is 2.29. The summed E-state index contributed by atoms with van der Waals surface area (Å²) in [6.45, 7) is 0.400. The first-order chi connectivity index (χ1) is 5.65. The fourth-order valence-corrected chi connectivity index (χ4v) is 1.29. The van der Waals surface area contributed by atoms with Gasteiger partial charge >= 0.3 is 0 Å². The molecule has 3 nitrogen and oxygen atoms in total. The van der Waals surface area contributed by atoms with Crippen molar-refractivity contribution in [3.8, 4) is 5.75 Å². The third-order valence-electron chi connectivity index (χ3n) is 1.65. The molecule has 0 amide bonds. The molecule has 0 unspecified atom stereocenters. The summed E-state index contributed by atoms with van der Waals surface area (Å²) in [5.74, 6) is 0.211. The number of hydrogen-bond acceptors (Lipinski definition) is 3. The number of aromatic hydroxyl groups is 1. The highest BCUT2D eigenvalue weighted by molar-refractivity contribution is 9.10. The van der Waals surface area contributed by atoms with Crippen LogP contribution in [0.25, 0.3) is 0 Å². The van der Waals surface area contributed by atoms with Crippen LogP contribution in [-0.4, -0.2) is 11.7 Å². The van der Waals surface area contributed by atoms with Crippen molar-refractivity contribution in [2.75, 3.05) is 6.54 Å². The van der Waals surface area contributed by atoms with Crippen LogP contribution in [0.2, 0.25) is 0 Å². The summed E-state index contributed by atoms with van der Waals surface area (Å²) < 4.78 is 0.643. The zero-order chi connectivity index (χ0) is 9.14. The van der Waals surface area contributed by atoms with Gasteiger partial charge in [0.1, 0.15) is 5.75 Å². The van der Waals surface area contributed by atoms with Crippen molar-refractivity contribution < 1.29 is 5.11 Å². The quantitative estimate of drug-likeness (QED) is 0.713. The Labute approximate surface area is 79.5 Å². The molecule has 0 heterocycles. The first-order valence-electron chi connectivity index (χ1n) is 3.59. The van der Waals surface area contributed by atoms with E-state index in [-0.39, 0.29) is 11.8 Å². The van der Waals surface area contributed by atoms with E-state index in [2.05, 4.69) is 15.9 Å². The molecule has 5 N–H and O–H groups in total. The molecule has 0 aromatic heterocycles. The van der Waals surface area contributed by atoms with Gasteiger partial charge in [-0.3, -0.25) is 0 Å². The average molecular weight is 231 g/mol.